The number of rotatable bonds is 3. The van der Waals surface area contributed by atoms with Crippen molar-refractivity contribution in [3.63, 3.8) is 0 Å². The molecule has 3 aliphatic rings. The number of fused-ring (bicyclic) bond motifs is 2. The van der Waals surface area contributed by atoms with Crippen LogP contribution in [0.25, 0.3) is 0 Å². The van der Waals surface area contributed by atoms with E-state index in [0.29, 0.717) is 0 Å². The fourth-order valence-corrected chi connectivity index (χ4v) is 8.13. The van der Waals surface area contributed by atoms with Gasteiger partial charge in [0.1, 0.15) is 18.1 Å². The zero-order valence-electron chi connectivity index (χ0n) is 37.8. The molecule has 3 rings (SSSR count). The molecule has 0 amide bonds. The molecule has 13 N–H and O–H groups in total. The summed E-state index contributed by atoms with van der Waals surface area (Å²) in [7, 11) is 0. The number of carbonyl (C=O) groups is 2. The summed E-state index contributed by atoms with van der Waals surface area (Å²) in [6.07, 6.45) is 2.26. The Morgan fingerprint density at radius 2 is 1.31 bits per heavy atom. The van der Waals surface area contributed by atoms with Crippen LogP contribution < -0.4 is 5.73 Å². The third-order valence-electron chi connectivity index (χ3n) is 12.2. The Morgan fingerprint density at radius 1 is 0.692 bits per heavy atom. The van der Waals surface area contributed by atoms with Gasteiger partial charge in [-0.2, -0.15) is 0 Å². The van der Waals surface area contributed by atoms with Crippen LogP contribution in [0.1, 0.15) is 91.9 Å². The Balaban J connectivity index is 1.84. The van der Waals surface area contributed by atoms with E-state index in [1.54, 1.807) is 38.2 Å². The maximum absolute atomic E-state index is 12.6. The lowest BCUT2D eigenvalue weighted by atomic mass is 9.82. The van der Waals surface area contributed by atoms with E-state index < -0.39 is 147 Å². The van der Waals surface area contributed by atoms with Crippen LogP contribution in [-0.4, -0.2) is 166 Å². The smallest absolute Gasteiger partial charge is 0.311 e. The van der Waals surface area contributed by atoms with Crippen molar-refractivity contribution in [2.75, 3.05) is 0 Å². The molecule has 0 aromatic carbocycles. The lowest BCUT2D eigenvalue weighted by Crippen LogP contribution is -2.61. The minimum atomic E-state index is -2.32. The van der Waals surface area contributed by atoms with Gasteiger partial charge in [0.25, 0.3) is 0 Å². The van der Waals surface area contributed by atoms with E-state index in [1.807, 2.05) is 49.5 Å². The molecule has 18 nitrogen and oxygen atoms in total. The summed E-state index contributed by atoms with van der Waals surface area (Å²) in [5.41, 5.74) is 6.02. The van der Waals surface area contributed by atoms with E-state index in [1.165, 1.54) is 13.0 Å². The molecule has 65 heavy (non-hydrogen) atoms. The highest BCUT2D eigenvalue weighted by Crippen LogP contribution is 2.38. The first-order valence-corrected chi connectivity index (χ1v) is 22.6. The highest BCUT2D eigenvalue weighted by molar-refractivity contribution is 5.71. The molecule has 2 saturated heterocycles. The first kappa shape index (κ1) is 56.1. The van der Waals surface area contributed by atoms with E-state index in [4.69, 9.17) is 24.7 Å². The van der Waals surface area contributed by atoms with Gasteiger partial charge in [-0.1, -0.05) is 86.8 Å². The molecule has 19 atom stereocenters. The van der Waals surface area contributed by atoms with Crippen LogP contribution in [0, 0.1) is 17.8 Å². The molecule has 0 saturated carbocycles. The Bertz CT molecular complexity index is 1620. The van der Waals surface area contributed by atoms with Crippen molar-refractivity contribution in [1.29, 1.82) is 0 Å². The predicted molar refractivity (Wildman–Crippen MR) is 237 cm³/mol. The highest BCUT2D eigenvalue weighted by Gasteiger charge is 2.51. The van der Waals surface area contributed by atoms with E-state index in [9.17, 15) is 65.8 Å². The second kappa shape index (κ2) is 27.6. The Hall–Kier alpha value is -3.18. The summed E-state index contributed by atoms with van der Waals surface area (Å²) in [5.74, 6) is -6.77. The van der Waals surface area contributed by atoms with Crippen molar-refractivity contribution in [3.8, 4) is 0 Å². The molecular weight excluding hydrogens is 851 g/mol. The zero-order valence-corrected chi connectivity index (χ0v) is 37.8. The monoisotopic (exact) mass is 926 g/mol. The standard InChI is InChI=1S/C47H75NO17/c1-27-17-15-13-11-9-7-5-6-8-10-12-14-16-18-34(64-46-44(58)41(48)43(57)30(4)63-46)24-38-40(45(59)60)37(54)26-47(61,65-38)25-33(51)22-36(53)35(52)20-19-31(49)21-32(50)23-39(55)62-29(3)28(2)42(27)56/h5-6,8,10-18,27-38,40-44,46,49-54,56-58,61H,7,9,19-26,48H2,1-4H3,(H,59,60)/b6-5+,10-8+,13-11+,14-12+,17-15+,18-16?/t27-,28-,29-,30+,31+,32+,33-,34-,35+,36+,37-,38-,40+,41-,42+,43+,44-,46-,47+/m0/s1. The van der Waals surface area contributed by atoms with Gasteiger partial charge in [0, 0.05) is 37.5 Å². The summed E-state index contributed by atoms with van der Waals surface area (Å²) in [4.78, 5) is 25.1. The third kappa shape index (κ3) is 18.8. The van der Waals surface area contributed by atoms with Gasteiger partial charge in [-0.3, -0.25) is 9.59 Å². The number of ether oxygens (including phenoxy) is 4. The van der Waals surface area contributed by atoms with Crippen LogP contribution in [0.4, 0.5) is 0 Å². The molecule has 0 unspecified atom stereocenters. The predicted octanol–water partition coefficient (Wildman–Crippen LogP) is 0.936. The van der Waals surface area contributed by atoms with Crippen LogP contribution in [0.2, 0.25) is 0 Å². The molecule has 0 aliphatic carbocycles. The molecule has 18 heteroatoms. The second-order valence-corrected chi connectivity index (χ2v) is 17.8. The van der Waals surface area contributed by atoms with Crippen LogP contribution in [0.5, 0.6) is 0 Å². The number of aliphatic hydroxyl groups excluding tert-OH is 9. The largest absolute Gasteiger partial charge is 0.481 e. The van der Waals surface area contributed by atoms with Crippen LogP contribution in [-0.2, 0) is 28.5 Å². The molecule has 0 spiro atoms. The zero-order chi connectivity index (χ0) is 48.4. The van der Waals surface area contributed by atoms with Crippen molar-refractivity contribution in [2.45, 2.75) is 189 Å². The molecule has 3 aliphatic heterocycles. The van der Waals surface area contributed by atoms with Gasteiger partial charge in [0.2, 0.25) is 0 Å². The molecular formula is C47H75NO17. The van der Waals surface area contributed by atoms with E-state index in [2.05, 4.69) is 0 Å². The van der Waals surface area contributed by atoms with E-state index in [-0.39, 0.29) is 31.6 Å². The quantitative estimate of drug-likeness (QED) is 0.175. The summed E-state index contributed by atoms with van der Waals surface area (Å²) in [5, 5.41) is 118. The number of aliphatic carboxylic acids is 1. The Morgan fingerprint density at radius 3 is 1.97 bits per heavy atom. The first-order chi connectivity index (χ1) is 30.6. The second-order valence-electron chi connectivity index (χ2n) is 17.8. The summed E-state index contributed by atoms with van der Waals surface area (Å²) < 4.78 is 23.2. The number of carboxylic acid groups (broad SMARTS) is 1. The number of esters is 1. The topological polar surface area (TPSA) is 320 Å². The van der Waals surface area contributed by atoms with Gasteiger partial charge in [0.05, 0.1) is 79.6 Å². The fraction of sp³-hybridized carbons (Fsp3) is 0.702. The number of carbonyl (C=O) groups excluding carboxylic acids is 1. The highest BCUT2D eigenvalue weighted by atomic mass is 16.7. The lowest BCUT2D eigenvalue weighted by molar-refractivity contribution is -0.308. The summed E-state index contributed by atoms with van der Waals surface area (Å²) >= 11 is 0. The number of hydrogen-bond acceptors (Lipinski definition) is 17. The van der Waals surface area contributed by atoms with Gasteiger partial charge in [0.15, 0.2) is 12.1 Å². The Kier molecular flexibility index (Phi) is 23.8. The van der Waals surface area contributed by atoms with Crippen molar-refractivity contribution >= 4 is 11.9 Å². The van der Waals surface area contributed by atoms with Crippen molar-refractivity contribution in [3.05, 3.63) is 72.9 Å². The lowest BCUT2D eigenvalue weighted by Gasteiger charge is -2.45. The normalized spacial score (nSPS) is 44.8. The van der Waals surface area contributed by atoms with E-state index >= 15 is 0 Å². The fourth-order valence-electron chi connectivity index (χ4n) is 8.13. The molecule has 3 heterocycles. The number of aliphatic hydroxyl groups is 10. The van der Waals surface area contributed by atoms with Gasteiger partial charge >= 0.3 is 11.9 Å². The molecule has 0 aromatic rings. The number of carboxylic acids is 1. The minimum absolute atomic E-state index is 0.103. The van der Waals surface area contributed by atoms with Crippen LogP contribution >= 0.6 is 0 Å². The summed E-state index contributed by atoms with van der Waals surface area (Å²) in [6, 6.07) is -1.14. The van der Waals surface area contributed by atoms with Gasteiger partial charge in [-0.25, -0.2) is 0 Å². The van der Waals surface area contributed by atoms with Crippen molar-refractivity contribution in [2.24, 2.45) is 23.5 Å². The number of cyclic esters (lactones) is 1. The molecule has 2 bridgehead atoms. The van der Waals surface area contributed by atoms with E-state index in [0.717, 1.165) is 12.8 Å². The molecule has 0 aromatic heterocycles. The number of allylic oxidation sites excluding steroid dienone is 10. The Labute approximate surface area is 381 Å². The molecule has 0 radical (unpaired) electrons. The average molecular weight is 926 g/mol. The number of nitrogens with two attached hydrogens (primary N) is 1. The third-order valence-corrected chi connectivity index (χ3v) is 12.2. The van der Waals surface area contributed by atoms with Gasteiger partial charge in [-0.05, 0) is 46.0 Å². The summed E-state index contributed by atoms with van der Waals surface area (Å²) in [6.45, 7) is 6.78. The minimum Gasteiger partial charge on any atom is -0.481 e. The van der Waals surface area contributed by atoms with Crippen LogP contribution in [0.3, 0.4) is 0 Å². The van der Waals surface area contributed by atoms with Gasteiger partial charge in [-0.15, -0.1) is 0 Å². The maximum Gasteiger partial charge on any atom is 0.311 e. The molecule has 2 fully saturated rings. The van der Waals surface area contributed by atoms with Crippen LogP contribution in [0.15, 0.2) is 72.9 Å². The number of hydrogen-bond donors (Lipinski definition) is 12. The van der Waals surface area contributed by atoms with Crippen molar-refractivity contribution in [1.82, 2.24) is 0 Å². The SMILES string of the molecule is C[C@@H]1[C@H](O)[C@@H](C)/C=C/C=C/CC/C=C/C=C/C=C/C=C[C@H](O[C@@H]2O[C@H](C)[C@@H](O)[C@H](N)[C@@H]2O)C[C@@H]2O[C@](O)(C[C@@H](O)C[C@@H](O)[C@H](O)CC[C@@H](O)C[C@@H](O)CC(=O)O[C@H]1C)C[C@H](O)[C@H]2C(=O)O. The maximum atomic E-state index is 12.6. The molecule has 370 valence electrons. The van der Waals surface area contributed by atoms with Crippen molar-refractivity contribution < 1.29 is 84.7 Å². The average Bonchev–Trinajstić information content (AvgIpc) is 3.21. The first-order valence-electron chi connectivity index (χ1n) is 22.6. The van der Waals surface area contributed by atoms with Gasteiger partial charge < -0.3 is 80.9 Å².